The molecule has 1 aliphatic rings. The highest BCUT2D eigenvalue weighted by Crippen LogP contribution is 2.24. The minimum Gasteiger partial charge on any atom is -0.311 e. The van der Waals surface area contributed by atoms with Crippen molar-refractivity contribution in [1.82, 2.24) is 15.2 Å². The molecule has 0 spiro atoms. The van der Waals surface area contributed by atoms with Crippen LogP contribution in [0, 0.1) is 0 Å². The maximum Gasteiger partial charge on any atom is 0.0271 e. The lowest BCUT2D eigenvalue weighted by molar-refractivity contribution is 0.321. The van der Waals surface area contributed by atoms with Gasteiger partial charge in [0, 0.05) is 38.1 Å². The fourth-order valence-corrected chi connectivity index (χ4v) is 1.69. The van der Waals surface area contributed by atoms with Crippen LogP contribution in [0.3, 0.4) is 0 Å². The average Bonchev–Trinajstić information content (AvgIpc) is 3.09. The van der Waals surface area contributed by atoms with Crippen molar-refractivity contribution < 1.29 is 0 Å². The summed E-state index contributed by atoms with van der Waals surface area (Å²) in [5, 5.41) is 3.45. The lowest BCUT2D eigenvalue weighted by Crippen LogP contribution is -2.30. The molecular formula is C12H19N3. The van der Waals surface area contributed by atoms with Gasteiger partial charge in [0.05, 0.1) is 0 Å². The Bertz CT molecular complexity index is 282. The van der Waals surface area contributed by atoms with Crippen molar-refractivity contribution in [2.75, 3.05) is 20.1 Å². The van der Waals surface area contributed by atoms with Crippen LogP contribution in [0.15, 0.2) is 24.5 Å². The Balaban J connectivity index is 1.58. The summed E-state index contributed by atoms with van der Waals surface area (Å²) in [4.78, 5) is 6.44. The molecule has 82 valence electrons. The summed E-state index contributed by atoms with van der Waals surface area (Å²) in [5.41, 5.74) is 1.30. The zero-order valence-electron chi connectivity index (χ0n) is 9.32. The molecule has 1 N–H and O–H groups in total. The third-order valence-electron chi connectivity index (χ3n) is 2.89. The molecule has 3 heteroatoms. The Morgan fingerprint density at radius 3 is 2.80 bits per heavy atom. The van der Waals surface area contributed by atoms with Gasteiger partial charge in [-0.05, 0) is 37.6 Å². The maximum absolute atomic E-state index is 4.00. The van der Waals surface area contributed by atoms with Crippen molar-refractivity contribution in [3.8, 4) is 0 Å². The van der Waals surface area contributed by atoms with E-state index in [-0.39, 0.29) is 0 Å². The number of rotatable bonds is 6. The molecule has 0 radical (unpaired) electrons. The standard InChI is InChI=1S/C12H19N3/c1-15(12-2-3-12)9-8-14-10-11-4-6-13-7-5-11/h4-7,12,14H,2-3,8-10H2,1H3. The molecule has 1 heterocycles. The Labute approximate surface area is 91.5 Å². The van der Waals surface area contributed by atoms with Gasteiger partial charge in [0.1, 0.15) is 0 Å². The Kier molecular flexibility index (Phi) is 3.69. The maximum atomic E-state index is 4.00. The topological polar surface area (TPSA) is 28.2 Å². The first-order chi connectivity index (χ1) is 7.36. The average molecular weight is 205 g/mol. The monoisotopic (exact) mass is 205 g/mol. The predicted octanol–water partition coefficient (Wildman–Crippen LogP) is 1.27. The van der Waals surface area contributed by atoms with E-state index >= 15 is 0 Å². The summed E-state index contributed by atoms with van der Waals surface area (Å²) in [6.07, 6.45) is 6.46. The van der Waals surface area contributed by atoms with Gasteiger partial charge in [-0.15, -0.1) is 0 Å². The third kappa shape index (κ3) is 3.61. The fraction of sp³-hybridized carbons (Fsp3) is 0.583. The zero-order chi connectivity index (χ0) is 10.5. The van der Waals surface area contributed by atoms with E-state index in [0.717, 1.165) is 25.7 Å². The summed E-state index contributed by atoms with van der Waals surface area (Å²) in [6.45, 7) is 3.16. The largest absolute Gasteiger partial charge is 0.311 e. The second-order valence-corrected chi connectivity index (χ2v) is 4.24. The van der Waals surface area contributed by atoms with E-state index in [1.807, 2.05) is 12.4 Å². The molecule has 1 aromatic heterocycles. The van der Waals surface area contributed by atoms with E-state index in [1.165, 1.54) is 18.4 Å². The molecule has 1 fully saturated rings. The summed E-state index contributed by atoms with van der Waals surface area (Å²) >= 11 is 0. The van der Waals surface area contributed by atoms with Gasteiger partial charge in [0.25, 0.3) is 0 Å². The molecule has 1 saturated carbocycles. The molecule has 0 aromatic carbocycles. The predicted molar refractivity (Wildman–Crippen MR) is 61.6 cm³/mol. The molecule has 1 aromatic rings. The molecule has 3 nitrogen and oxygen atoms in total. The van der Waals surface area contributed by atoms with Gasteiger partial charge in [-0.3, -0.25) is 4.98 Å². The first-order valence-electron chi connectivity index (χ1n) is 5.66. The highest BCUT2D eigenvalue weighted by Gasteiger charge is 2.25. The van der Waals surface area contributed by atoms with Crippen LogP contribution in [0.1, 0.15) is 18.4 Å². The molecule has 0 amide bonds. The summed E-state index contributed by atoms with van der Waals surface area (Å²) < 4.78 is 0. The number of nitrogens with one attached hydrogen (secondary N) is 1. The van der Waals surface area contributed by atoms with Crippen LogP contribution in [0.25, 0.3) is 0 Å². The van der Waals surface area contributed by atoms with Crippen molar-refractivity contribution in [3.63, 3.8) is 0 Å². The molecular weight excluding hydrogens is 186 g/mol. The SMILES string of the molecule is CN(CCNCc1ccncc1)C1CC1. The quantitative estimate of drug-likeness (QED) is 0.709. The minimum absolute atomic E-state index is 0.868. The Hall–Kier alpha value is -0.930. The number of hydrogen-bond acceptors (Lipinski definition) is 3. The normalized spacial score (nSPS) is 15.9. The molecule has 0 aliphatic heterocycles. The Morgan fingerprint density at radius 2 is 2.13 bits per heavy atom. The van der Waals surface area contributed by atoms with E-state index in [0.29, 0.717) is 0 Å². The lowest BCUT2D eigenvalue weighted by atomic mass is 10.3. The number of aromatic nitrogens is 1. The smallest absolute Gasteiger partial charge is 0.0271 e. The fourth-order valence-electron chi connectivity index (χ4n) is 1.69. The minimum atomic E-state index is 0.868. The number of hydrogen-bond donors (Lipinski definition) is 1. The van der Waals surface area contributed by atoms with Crippen molar-refractivity contribution in [2.45, 2.75) is 25.4 Å². The Morgan fingerprint density at radius 1 is 1.40 bits per heavy atom. The van der Waals surface area contributed by atoms with Gasteiger partial charge in [0.15, 0.2) is 0 Å². The van der Waals surface area contributed by atoms with E-state index < -0.39 is 0 Å². The molecule has 0 bridgehead atoms. The van der Waals surface area contributed by atoms with Crippen molar-refractivity contribution in [1.29, 1.82) is 0 Å². The first kappa shape index (κ1) is 10.6. The van der Waals surface area contributed by atoms with Crippen LogP contribution in [0.2, 0.25) is 0 Å². The second-order valence-electron chi connectivity index (χ2n) is 4.24. The van der Waals surface area contributed by atoms with E-state index in [1.54, 1.807) is 0 Å². The first-order valence-corrected chi connectivity index (χ1v) is 5.66. The van der Waals surface area contributed by atoms with Crippen LogP contribution in [-0.4, -0.2) is 36.1 Å². The van der Waals surface area contributed by atoms with Crippen LogP contribution >= 0.6 is 0 Å². The zero-order valence-corrected chi connectivity index (χ0v) is 9.32. The van der Waals surface area contributed by atoms with Crippen molar-refractivity contribution in [3.05, 3.63) is 30.1 Å². The van der Waals surface area contributed by atoms with Gasteiger partial charge in [-0.1, -0.05) is 0 Å². The molecule has 0 atom stereocenters. The third-order valence-corrected chi connectivity index (χ3v) is 2.89. The van der Waals surface area contributed by atoms with Gasteiger partial charge in [-0.25, -0.2) is 0 Å². The van der Waals surface area contributed by atoms with Crippen molar-refractivity contribution in [2.24, 2.45) is 0 Å². The van der Waals surface area contributed by atoms with E-state index in [4.69, 9.17) is 0 Å². The number of nitrogens with zero attached hydrogens (tertiary/aromatic N) is 2. The number of likely N-dealkylation sites (N-methyl/N-ethyl adjacent to an activating group) is 1. The van der Waals surface area contributed by atoms with E-state index in [9.17, 15) is 0 Å². The summed E-state index contributed by atoms with van der Waals surface area (Å²) in [6, 6.07) is 4.97. The van der Waals surface area contributed by atoms with Crippen LogP contribution in [0.5, 0.6) is 0 Å². The molecule has 0 unspecified atom stereocenters. The van der Waals surface area contributed by atoms with Crippen LogP contribution in [-0.2, 0) is 6.54 Å². The summed E-state index contributed by atoms with van der Waals surface area (Å²) in [7, 11) is 2.21. The van der Waals surface area contributed by atoms with Crippen LogP contribution in [0.4, 0.5) is 0 Å². The highest BCUT2D eigenvalue weighted by molar-refractivity contribution is 5.08. The highest BCUT2D eigenvalue weighted by atomic mass is 15.2. The van der Waals surface area contributed by atoms with Gasteiger partial charge in [-0.2, -0.15) is 0 Å². The lowest BCUT2D eigenvalue weighted by Gasteiger charge is -2.15. The van der Waals surface area contributed by atoms with Crippen molar-refractivity contribution >= 4 is 0 Å². The van der Waals surface area contributed by atoms with Gasteiger partial charge < -0.3 is 10.2 Å². The number of pyridine rings is 1. The molecule has 2 rings (SSSR count). The van der Waals surface area contributed by atoms with Gasteiger partial charge >= 0.3 is 0 Å². The molecule has 15 heavy (non-hydrogen) atoms. The molecule has 1 aliphatic carbocycles. The van der Waals surface area contributed by atoms with E-state index in [2.05, 4.69) is 34.4 Å². The summed E-state index contributed by atoms with van der Waals surface area (Å²) in [5.74, 6) is 0. The van der Waals surface area contributed by atoms with Crippen LogP contribution < -0.4 is 5.32 Å². The van der Waals surface area contributed by atoms with Gasteiger partial charge in [0.2, 0.25) is 0 Å². The molecule has 0 saturated heterocycles. The second kappa shape index (κ2) is 5.24.